The number of pyridine rings is 1. The van der Waals surface area contributed by atoms with Crippen LogP contribution in [0.4, 0.5) is 0 Å². The molecule has 0 radical (unpaired) electrons. The summed E-state index contributed by atoms with van der Waals surface area (Å²) < 4.78 is 2.01. The molecule has 1 unspecified atom stereocenters. The summed E-state index contributed by atoms with van der Waals surface area (Å²) in [6.45, 7) is 1.92. The zero-order valence-electron chi connectivity index (χ0n) is 12.5. The summed E-state index contributed by atoms with van der Waals surface area (Å²) >= 11 is 5.87. The normalized spacial score (nSPS) is 11.2. The molecule has 1 heterocycles. The van der Waals surface area contributed by atoms with Crippen molar-refractivity contribution in [2.75, 3.05) is 0 Å². The number of nitrogens with zero attached hydrogens (tertiary/aromatic N) is 1. The fraction of sp³-hybridized carbons (Fsp3) is 0.111. The van der Waals surface area contributed by atoms with E-state index < -0.39 is 0 Å². The van der Waals surface area contributed by atoms with Crippen molar-refractivity contribution >= 4 is 28.3 Å². The first kappa shape index (κ1) is 19.3. The Morgan fingerprint density at radius 2 is 1.61 bits per heavy atom. The number of Topliss-reactive ketones (excluding diaryl/α,β-unsaturated/α-hetero) is 1. The number of benzene rings is 2. The van der Waals surface area contributed by atoms with E-state index >= 15 is 0 Å². The van der Waals surface area contributed by atoms with E-state index in [4.69, 9.17) is 11.6 Å². The molecule has 0 amide bonds. The van der Waals surface area contributed by atoms with Gasteiger partial charge >= 0.3 is 0 Å². The lowest BCUT2D eigenvalue weighted by Crippen LogP contribution is -3.00. The van der Waals surface area contributed by atoms with Gasteiger partial charge in [-0.2, -0.15) is 4.57 Å². The monoisotopic (exact) mass is 393 g/mol. The van der Waals surface area contributed by atoms with Crippen molar-refractivity contribution in [3.63, 3.8) is 0 Å². The van der Waals surface area contributed by atoms with Gasteiger partial charge in [0, 0.05) is 35.0 Å². The van der Waals surface area contributed by atoms with Gasteiger partial charge in [0.05, 0.1) is 0 Å². The molecule has 1 atom stereocenters. The number of rotatable bonds is 3. The minimum Gasteiger partial charge on any atom is -1.00 e. The van der Waals surface area contributed by atoms with Crippen molar-refractivity contribution in [2.45, 2.75) is 13.0 Å². The van der Waals surface area contributed by atoms with Crippen LogP contribution in [0.5, 0.6) is 0 Å². The third-order valence-electron chi connectivity index (χ3n) is 3.66. The molecule has 3 nitrogen and oxygen atoms in total. The molecule has 23 heavy (non-hydrogen) atoms. The Morgan fingerprint density at radius 3 is 2.30 bits per heavy atom. The Balaban J connectivity index is 0.00000132. The van der Waals surface area contributed by atoms with Crippen molar-refractivity contribution in [2.24, 2.45) is 0 Å². The van der Waals surface area contributed by atoms with Crippen molar-refractivity contribution in [1.29, 1.82) is 0 Å². The summed E-state index contributed by atoms with van der Waals surface area (Å²) in [5, 5.41) is 1.76. The summed E-state index contributed by atoms with van der Waals surface area (Å²) in [5.41, 5.74) is 1.72. The van der Waals surface area contributed by atoms with Crippen molar-refractivity contribution in [3.05, 3.63) is 77.4 Å². The molecule has 2 N–H and O–H groups in total. The van der Waals surface area contributed by atoms with Crippen LogP contribution in [0, 0.1) is 0 Å². The predicted molar refractivity (Wildman–Crippen MR) is 88.3 cm³/mol. The Hall–Kier alpha value is -1.75. The second-order valence-corrected chi connectivity index (χ2v) is 5.46. The van der Waals surface area contributed by atoms with Crippen molar-refractivity contribution in [3.8, 4) is 0 Å². The fourth-order valence-electron chi connectivity index (χ4n) is 2.50. The first-order valence-electron chi connectivity index (χ1n) is 6.85. The molecule has 5 heteroatoms. The second-order valence-electron chi connectivity index (χ2n) is 5.02. The molecule has 0 aliphatic heterocycles. The van der Waals surface area contributed by atoms with Crippen LogP contribution in [0.15, 0.2) is 66.9 Å². The molecular weight excluding hydrogens is 378 g/mol. The van der Waals surface area contributed by atoms with Gasteiger partial charge in [0.25, 0.3) is 0 Å². The van der Waals surface area contributed by atoms with E-state index in [0.29, 0.717) is 10.6 Å². The maximum Gasteiger partial charge on any atom is 0.230 e. The van der Waals surface area contributed by atoms with E-state index in [2.05, 4.69) is 0 Å². The standard InChI is InChI=1S/C18H15ClNO.BrH.H2O/c1-13(18(21)15-8-10-16(19)11-9-15)20-12-4-6-14-5-2-3-7-17(14)20;;/h2-13H,1H3;1H;1H2/q+1;;/p-1. The number of carbonyl (C=O) groups excluding carboxylic acids is 1. The number of halogens is 2. The highest BCUT2D eigenvalue weighted by molar-refractivity contribution is 6.30. The lowest BCUT2D eigenvalue weighted by molar-refractivity contribution is -0.679. The third kappa shape index (κ3) is 3.96. The highest BCUT2D eigenvalue weighted by atomic mass is 79.9. The number of para-hydroxylation sites is 1. The number of hydrogen-bond acceptors (Lipinski definition) is 1. The summed E-state index contributed by atoms with van der Waals surface area (Å²) in [6, 6.07) is 18.8. The minimum atomic E-state index is -0.266. The number of hydrogen-bond donors (Lipinski definition) is 0. The molecule has 0 aliphatic rings. The molecule has 0 saturated heterocycles. The molecule has 0 spiro atoms. The summed E-state index contributed by atoms with van der Waals surface area (Å²) in [4.78, 5) is 12.6. The van der Waals surface area contributed by atoms with Gasteiger partial charge in [-0.15, -0.1) is 0 Å². The molecular formula is C18H17BrClNO2. The smallest absolute Gasteiger partial charge is 0.230 e. The molecule has 3 rings (SSSR count). The maximum absolute atomic E-state index is 12.6. The zero-order valence-corrected chi connectivity index (χ0v) is 14.9. The minimum absolute atomic E-state index is 0. The van der Waals surface area contributed by atoms with Gasteiger partial charge in [-0.25, -0.2) is 0 Å². The van der Waals surface area contributed by atoms with E-state index in [-0.39, 0.29) is 34.3 Å². The average Bonchev–Trinajstić information content (AvgIpc) is 2.53. The van der Waals surface area contributed by atoms with E-state index in [0.717, 1.165) is 10.9 Å². The number of aromatic nitrogens is 1. The number of ketones is 1. The Labute approximate surface area is 150 Å². The van der Waals surface area contributed by atoms with Gasteiger partial charge < -0.3 is 22.5 Å². The lowest BCUT2D eigenvalue weighted by atomic mass is 10.0. The molecule has 0 bridgehead atoms. The Morgan fingerprint density at radius 1 is 1.00 bits per heavy atom. The Bertz CT molecular complexity index is 800. The van der Waals surface area contributed by atoms with Crippen LogP contribution in [-0.4, -0.2) is 11.3 Å². The first-order chi connectivity index (χ1) is 10.2. The topological polar surface area (TPSA) is 52.5 Å². The van der Waals surface area contributed by atoms with Gasteiger partial charge in [-0.05, 0) is 36.4 Å². The number of carbonyl (C=O) groups is 1. The van der Waals surface area contributed by atoms with E-state index in [1.165, 1.54) is 0 Å². The highest BCUT2D eigenvalue weighted by Gasteiger charge is 2.25. The second kappa shape index (κ2) is 8.20. The summed E-state index contributed by atoms with van der Waals surface area (Å²) in [7, 11) is 0. The van der Waals surface area contributed by atoms with Crippen LogP contribution in [0.25, 0.3) is 10.9 Å². The van der Waals surface area contributed by atoms with Crippen LogP contribution >= 0.6 is 11.6 Å². The van der Waals surface area contributed by atoms with Crippen LogP contribution in [0.2, 0.25) is 5.02 Å². The maximum atomic E-state index is 12.6. The first-order valence-corrected chi connectivity index (χ1v) is 7.23. The predicted octanol–water partition coefficient (Wildman–Crippen LogP) is 0.404. The third-order valence-corrected chi connectivity index (χ3v) is 3.91. The quantitative estimate of drug-likeness (QED) is 0.469. The number of fused-ring (bicyclic) bond motifs is 1. The van der Waals surface area contributed by atoms with Crippen LogP contribution in [0.3, 0.4) is 0 Å². The highest BCUT2D eigenvalue weighted by Crippen LogP contribution is 2.16. The molecule has 2 aromatic carbocycles. The summed E-state index contributed by atoms with van der Waals surface area (Å²) in [5.74, 6) is 0.0769. The SMILES string of the molecule is CC(C(=O)c1ccc(Cl)cc1)[n+]1cccc2ccccc21.O.[Br-]. The average molecular weight is 395 g/mol. The van der Waals surface area contributed by atoms with Gasteiger partial charge in [-0.1, -0.05) is 23.7 Å². The van der Waals surface area contributed by atoms with E-state index in [1.807, 2.05) is 54.1 Å². The van der Waals surface area contributed by atoms with Crippen LogP contribution < -0.4 is 21.5 Å². The fourth-order valence-corrected chi connectivity index (χ4v) is 2.63. The Kier molecular flexibility index (Phi) is 6.88. The summed E-state index contributed by atoms with van der Waals surface area (Å²) in [6.07, 6.45) is 1.95. The van der Waals surface area contributed by atoms with Crippen LogP contribution in [-0.2, 0) is 0 Å². The van der Waals surface area contributed by atoms with Gasteiger partial charge in [0.1, 0.15) is 0 Å². The van der Waals surface area contributed by atoms with Gasteiger partial charge in [0.2, 0.25) is 17.3 Å². The van der Waals surface area contributed by atoms with Crippen molar-refractivity contribution < 1.29 is 31.8 Å². The van der Waals surface area contributed by atoms with E-state index in [9.17, 15) is 4.79 Å². The molecule has 1 aromatic heterocycles. The lowest BCUT2D eigenvalue weighted by Gasteiger charge is -2.09. The van der Waals surface area contributed by atoms with E-state index in [1.54, 1.807) is 24.3 Å². The van der Waals surface area contributed by atoms with Gasteiger partial charge in [-0.3, -0.25) is 4.79 Å². The van der Waals surface area contributed by atoms with Crippen LogP contribution in [0.1, 0.15) is 23.3 Å². The van der Waals surface area contributed by atoms with Gasteiger partial charge in [0.15, 0.2) is 6.20 Å². The molecule has 0 fully saturated rings. The molecule has 3 aromatic rings. The largest absolute Gasteiger partial charge is 1.00 e. The van der Waals surface area contributed by atoms with Crippen molar-refractivity contribution in [1.82, 2.24) is 0 Å². The molecule has 0 saturated carbocycles. The molecule has 120 valence electrons. The molecule has 0 aliphatic carbocycles. The zero-order chi connectivity index (χ0) is 14.8.